The Hall–Kier alpha value is -4.05. The van der Waals surface area contributed by atoms with E-state index in [1.165, 1.54) is 24.1 Å². The molecule has 4 aromatic carbocycles. The monoisotopic (exact) mass is 695 g/mol. The maximum absolute atomic E-state index is 14.7. The van der Waals surface area contributed by atoms with E-state index in [0.717, 1.165) is 15.4 Å². The molecular weight excluding hydrogens is 657 g/mol. The molecule has 0 unspecified atom stereocenters. The van der Waals surface area contributed by atoms with Crippen LogP contribution in [0, 0.1) is 6.92 Å². The van der Waals surface area contributed by atoms with Gasteiger partial charge in [-0.1, -0.05) is 90.8 Å². The van der Waals surface area contributed by atoms with Crippen LogP contribution in [0.25, 0.3) is 0 Å². The highest BCUT2D eigenvalue weighted by Crippen LogP contribution is 2.34. The Bertz CT molecular complexity index is 1790. The number of carbonyl (C=O) groups excluding carboxylic acids is 2. The maximum Gasteiger partial charge on any atom is 0.264 e. The van der Waals surface area contributed by atoms with Crippen LogP contribution < -0.4 is 14.4 Å². The zero-order chi connectivity index (χ0) is 34.1. The highest BCUT2D eigenvalue weighted by Gasteiger charge is 2.36. The van der Waals surface area contributed by atoms with Gasteiger partial charge < -0.3 is 15.0 Å². The van der Waals surface area contributed by atoms with E-state index in [0.29, 0.717) is 17.0 Å². The van der Waals surface area contributed by atoms with Gasteiger partial charge >= 0.3 is 0 Å². The SMILES string of the molecule is CC[C@@H](C)NC(=O)[C@@H](Cc1ccccc1)N(Cc1ccc(Cl)c(Cl)c1)C(=O)CN(c1cc(C)ccc1OC)S(=O)(=O)c1ccccc1. The third-order valence-electron chi connectivity index (χ3n) is 7.82. The second-order valence-corrected chi connectivity index (χ2v) is 14.0. The molecule has 2 atom stereocenters. The van der Waals surface area contributed by atoms with Gasteiger partial charge in [0.25, 0.3) is 10.0 Å². The van der Waals surface area contributed by atoms with Gasteiger partial charge in [-0.25, -0.2) is 8.42 Å². The van der Waals surface area contributed by atoms with Crippen molar-refractivity contribution in [3.63, 3.8) is 0 Å². The normalized spacial score (nSPS) is 12.6. The minimum atomic E-state index is -4.28. The molecule has 0 spiro atoms. The number of nitrogens with zero attached hydrogens (tertiary/aromatic N) is 2. The first-order valence-corrected chi connectivity index (χ1v) is 17.4. The molecule has 11 heteroatoms. The molecule has 0 saturated carbocycles. The van der Waals surface area contributed by atoms with Crippen LogP contribution >= 0.6 is 23.2 Å². The van der Waals surface area contributed by atoms with Crippen LogP contribution in [0.1, 0.15) is 37.0 Å². The summed E-state index contributed by atoms with van der Waals surface area (Å²) in [4.78, 5) is 30.1. The molecular formula is C36H39Cl2N3O5S. The van der Waals surface area contributed by atoms with Crippen molar-refractivity contribution >= 4 is 50.7 Å². The fourth-order valence-electron chi connectivity index (χ4n) is 5.06. The second-order valence-electron chi connectivity index (χ2n) is 11.3. The van der Waals surface area contributed by atoms with Gasteiger partial charge in [-0.15, -0.1) is 0 Å². The number of amides is 2. The molecule has 2 amide bonds. The number of hydrogen-bond donors (Lipinski definition) is 1. The van der Waals surface area contributed by atoms with Crippen molar-refractivity contribution in [3.05, 3.63) is 124 Å². The number of aryl methyl sites for hydroxylation is 1. The van der Waals surface area contributed by atoms with Gasteiger partial charge in [0.1, 0.15) is 18.3 Å². The lowest BCUT2D eigenvalue weighted by molar-refractivity contribution is -0.140. The van der Waals surface area contributed by atoms with Crippen molar-refractivity contribution in [2.24, 2.45) is 0 Å². The zero-order valence-electron chi connectivity index (χ0n) is 26.8. The number of halogens is 2. The number of methoxy groups -OCH3 is 1. The van der Waals surface area contributed by atoms with Crippen molar-refractivity contribution in [2.75, 3.05) is 18.0 Å². The summed E-state index contributed by atoms with van der Waals surface area (Å²) >= 11 is 12.6. The van der Waals surface area contributed by atoms with Crippen LogP contribution in [-0.2, 0) is 32.6 Å². The smallest absolute Gasteiger partial charge is 0.264 e. The number of ether oxygens (including phenoxy) is 1. The standard InChI is InChI=1S/C36H39Cl2N3O5S/c1-5-26(3)39-36(43)33(22-27-12-8-6-9-13-27)40(23-28-17-18-30(37)31(38)21-28)35(42)24-41(32-20-25(2)16-19-34(32)46-4)47(44,45)29-14-10-7-11-15-29/h6-21,26,33H,5,22-24H2,1-4H3,(H,39,43)/t26-,33-/m1/s1. The maximum atomic E-state index is 14.7. The van der Waals surface area contributed by atoms with Gasteiger partial charge in [0.15, 0.2) is 0 Å². The van der Waals surface area contributed by atoms with Crippen LogP contribution in [0.4, 0.5) is 5.69 Å². The summed E-state index contributed by atoms with van der Waals surface area (Å²) in [6.45, 7) is 5.02. The van der Waals surface area contributed by atoms with E-state index in [4.69, 9.17) is 27.9 Å². The summed E-state index contributed by atoms with van der Waals surface area (Å²) in [5.74, 6) is -0.684. The van der Waals surface area contributed by atoms with Crippen molar-refractivity contribution in [1.29, 1.82) is 0 Å². The van der Waals surface area contributed by atoms with Gasteiger partial charge in [0.05, 0.1) is 27.7 Å². The number of sulfonamides is 1. The predicted molar refractivity (Wildman–Crippen MR) is 188 cm³/mol. The van der Waals surface area contributed by atoms with E-state index < -0.39 is 28.5 Å². The van der Waals surface area contributed by atoms with Gasteiger partial charge in [0.2, 0.25) is 11.8 Å². The van der Waals surface area contributed by atoms with Gasteiger partial charge in [-0.2, -0.15) is 0 Å². The summed E-state index contributed by atoms with van der Waals surface area (Å²) in [5.41, 5.74) is 2.41. The lowest BCUT2D eigenvalue weighted by atomic mass is 10.0. The second kappa shape index (κ2) is 16.2. The highest BCUT2D eigenvalue weighted by molar-refractivity contribution is 7.92. The summed E-state index contributed by atoms with van der Waals surface area (Å²) in [6, 6.07) is 26.2. The summed E-state index contributed by atoms with van der Waals surface area (Å²) in [5, 5.41) is 3.66. The summed E-state index contributed by atoms with van der Waals surface area (Å²) in [7, 11) is -2.84. The Balaban J connectivity index is 1.86. The van der Waals surface area contributed by atoms with E-state index in [-0.39, 0.29) is 46.3 Å². The molecule has 47 heavy (non-hydrogen) atoms. The molecule has 0 heterocycles. The third-order valence-corrected chi connectivity index (χ3v) is 10.3. The lowest BCUT2D eigenvalue weighted by Gasteiger charge is -2.34. The Labute approximate surface area is 287 Å². The Kier molecular flexibility index (Phi) is 12.3. The number of carbonyl (C=O) groups is 2. The average Bonchev–Trinajstić information content (AvgIpc) is 3.07. The molecule has 0 aliphatic rings. The minimum absolute atomic E-state index is 0.00254. The molecule has 0 saturated heterocycles. The number of nitrogens with one attached hydrogen (secondary N) is 1. The van der Waals surface area contributed by atoms with Gasteiger partial charge in [-0.05, 0) is 73.4 Å². The van der Waals surface area contributed by atoms with Crippen LogP contribution in [-0.4, -0.2) is 50.9 Å². The first-order chi connectivity index (χ1) is 22.4. The van der Waals surface area contributed by atoms with E-state index in [9.17, 15) is 18.0 Å². The third kappa shape index (κ3) is 9.06. The van der Waals surface area contributed by atoms with Crippen molar-refractivity contribution in [2.45, 2.75) is 57.1 Å². The number of anilines is 1. The van der Waals surface area contributed by atoms with E-state index >= 15 is 0 Å². The zero-order valence-corrected chi connectivity index (χ0v) is 29.1. The molecule has 0 bridgehead atoms. The van der Waals surface area contributed by atoms with Gasteiger partial charge in [0, 0.05) is 19.0 Å². The first kappa shape index (κ1) is 35.8. The van der Waals surface area contributed by atoms with E-state index in [1.54, 1.807) is 54.6 Å². The fourth-order valence-corrected chi connectivity index (χ4v) is 6.82. The molecule has 0 aromatic heterocycles. The predicted octanol–water partition coefficient (Wildman–Crippen LogP) is 7.06. The molecule has 0 radical (unpaired) electrons. The summed E-state index contributed by atoms with van der Waals surface area (Å²) < 4.78 is 35.2. The molecule has 8 nitrogen and oxygen atoms in total. The first-order valence-electron chi connectivity index (χ1n) is 15.2. The minimum Gasteiger partial charge on any atom is -0.495 e. The van der Waals surface area contributed by atoms with Crippen LogP contribution in [0.15, 0.2) is 102 Å². The molecule has 0 aliphatic carbocycles. The van der Waals surface area contributed by atoms with Crippen LogP contribution in [0.3, 0.4) is 0 Å². The quantitative estimate of drug-likeness (QED) is 0.152. The molecule has 248 valence electrons. The Morgan fingerprint density at radius 3 is 2.15 bits per heavy atom. The van der Waals surface area contributed by atoms with Crippen LogP contribution in [0.5, 0.6) is 5.75 Å². The van der Waals surface area contributed by atoms with Gasteiger partial charge in [-0.3, -0.25) is 13.9 Å². The largest absolute Gasteiger partial charge is 0.495 e. The number of hydrogen-bond acceptors (Lipinski definition) is 5. The fraction of sp³-hybridized carbons (Fsp3) is 0.278. The van der Waals surface area contributed by atoms with Crippen LogP contribution in [0.2, 0.25) is 10.0 Å². The molecule has 1 N–H and O–H groups in total. The Morgan fingerprint density at radius 2 is 1.53 bits per heavy atom. The van der Waals surface area contributed by atoms with E-state index in [2.05, 4.69) is 5.32 Å². The number of benzene rings is 4. The molecule has 0 aliphatic heterocycles. The topological polar surface area (TPSA) is 96.0 Å². The highest BCUT2D eigenvalue weighted by atomic mass is 35.5. The number of rotatable bonds is 14. The Morgan fingerprint density at radius 1 is 0.872 bits per heavy atom. The van der Waals surface area contributed by atoms with Crippen molar-refractivity contribution < 1.29 is 22.7 Å². The van der Waals surface area contributed by atoms with Crippen molar-refractivity contribution in [3.8, 4) is 5.75 Å². The lowest BCUT2D eigenvalue weighted by Crippen LogP contribution is -2.54. The van der Waals surface area contributed by atoms with E-state index in [1.807, 2.05) is 51.1 Å². The molecule has 4 rings (SSSR count). The summed E-state index contributed by atoms with van der Waals surface area (Å²) in [6.07, 6.45) is 0.871. The van der Waals surface area contributed by atoms with Crippen molar-refractivity contribution in [1.82, 2.24) is 10.2 Å². The molecule has 4 aromatic rings. The average molecular weight is 697 g/mol. The molecule has 0 fully saturated rings.